The van der Waals surface area contributed by atoms with Crippen LogP contribution in [0.25, 0.3) is 6.08 Å². The van der Waals surface area contributed by atoms with Crippen molar-refractivity contribution in [3.05, 3.63) is 17.2 Å². The van der Waals surface area contributed by atoms with Gasteiger partial charge in [0, 0.05) is 17.7 Å². The quantitative estimate of drug-likeness (QED) is 0.387. The Labute approximate surface area is 157 Å². The van der Waals surface area contributed by atoms with E-state index in [2.05, 4.69) is 13.8 Å². The van der Waals surface area contributed by atoms with Crippen LogP contribution in [0.15, 0.2) is 6.08 Å². The minimum Gasteiger partial charge on any atom is -0.504 e. The Morgan fingerprint density at radius 2 is 1.50 bits per heavy atom. The van der Waals surface area contributed by atoms with Crippen LogP contribution < -0.4 is 9.47 Å². The number of benzene rings is 1. The van der Waals surface area contributed by atoms with Crippen molar-refractivity contribution < 1.29 is 24.8 Å². The molecule has 0 aliphatic heterocycles. The van der Waals surface area contributed by atoms with Gasteiger partial charge in [-0.2, -0.15) is 0 Å². The summed E-state index contributed by atoms with van der Waals surface area (Å²) in [4.78, 5) is 0. The lowest BCUT2D eigenvalue weighted by molar-refractivity contribution is 0.147. The summed E-state index contributed by atoms with van der Waals surface area (Å²) in [5.74, 6) is 0.239. The van der Waals surface area contributed by atoms with E-state index in [4.69, 9.17) is 9.47 Å². The maximum Gasteiger partial charge on any atom is 0.207 e. The van der Waals surface area contributed by atoms with Crippen molar-refractivity contribution in [2.75, 3.05) is 20.8 Å². The van der Waals surface area contributed by atoms with Gasteiger partial charge in [0.15, 0.2) is 11.5 Å². The zero-order valence-corrected chi connectivity index (χ0v) is 16.8. The molecule has 0 amide bonds. The van der Waals surface area contributed by atoms with Gasteiger partial charge >= 0.3 is 0 Å². The van der Waals surface area contributed by atoms with E-state index in [0.717, 1.165) is 38.5 Å². The fourth-order valence-electron chi connectivity index (χ4n) is 2.90. The minimum atomic E-state index is -0.0258. The van der Waals surface area contributed by atoms with E-state index in [-0.39, 0.29) is 35.0 Å². The van der Waals surface area contributed by atoms with Crippen molar-refractivity contribution in [2.24, 2.45) is 5.41 Å². The molecule has 5 heteroatoms. The Kier molecular flexibility index (Phi) is 8.79. The third-order valence-electron chi connectivity index (χ3n) is 4.75. The molecule has 0 aromatic heterocycles. The number of hydrogen-bond acceptors (Lipinski definition) is 5. The largest absolute Gasteiger partial charge is 0.504 e. The first-order chi connectivity index (χ1) is 12.3. The number of aromatic hydroxyl groups is 2. The highest BCUT2D eigenvalue weighted by atomic mass is 16.5. The van der Waals surface area contributed by atoms with Gasteiger partial charge in [-0.25, -0.2) is 0 Å². The molecule has 1 rings (SSSR count). The van der Waals surface area contributed by atoms with Gasteiger partial charge in [0.05, 0.1) is 14.2 Å². The number of hydrogen-bond donors (Lipinski definition) is 3. The van der Waals surface area contributed by atoms with Gasteiger partial charge in [-0.1, -0.05) is 45.3 Å². The monoisotopic (exact) mass is 366 g/mol. The second-order valence-electron chi connectivity index (χ2n) is 7.48. The van der Waals surface area contributed by atoms with Crippen molar-refractivity contribution in [3.8, 4) is 23.0 Å². The topological polar surface area (TPSA) is 79.2 Å². The molecule has 5 nitrogen and oxygen atoms in total. The van der Waals surface area contributed by atoms with E-state index in [9.17, 15) is 15.3 Å². The van der Waals surface area contributed by atoms with E-state index >= 15 is 0 Å². The van der Waals surface area contributed by atoms with Gasteiger partial charge in [-0.05, 0) is 31.6 Å². The molecular weight excluding hydrogens is 332 g/mol. The summed E-state index contributed by atoms with van der Waals surface area (Å²) in [6.45, 7) is 6.14. The fraction of sp³-hybridized carbons (Fsp3) is 0.619. The number of unbranched alkanes of at least 4 members (excludes halogenated alkanes) is 4. The van der Waals surface area contributed by atoms with Gasteiger partial charge < -0.3 is 24.8 Å². The van der Waals surface area contributed by atoms with E-state index < -0.39 is 0 Å². The highest BCUT2D eigenvalue weighted by Crippen LogP contribution is 2.48. The zero-order chi connectivity index (χ0) is 19.7. The van der Waals surface area contributed by atoms with Crippen LogP contribution in [-0.4, -0.2) is 36.1 Å². The van der Waals surface area contributed by atoms with E-state index in [0.29, 0.717) is 11.1 Å². The summed E-state index contributed by atoms with van der Waals surface area (Å²) in [6, 6.07) is 0. The fourth-order valence-corrected chi connectivity index (χ4v) is 2.90. The van der Waals surface area contributed by atoms with Gasteiger partial charge in [0.25, 0.3) is 0 Å². The molecule has 0 atom stereocenters. The normalized spacial score (nSPS) is 11.9. The van der Waals surface area contributed by atoms with Crippen LogP contribution in [0.4, 0.5) is 0 Å². The molecule has 1 aromatic rings. The first kappa shape index (κ1) is 22.2. The maximum absolute atomic E-state index is 10.4. The molecule has 0 spiro atoms. The molecule has 0 heterocycles. The van der Waals surface area contributed by atoms with Crippen LogP contribution in [-0.2, 0) is 0 Å². The second kappa shape index (κ2) is 10.3. The molecule has 0 aliphatic rings. The predicted octanol–water partition coefficient (Wildman–Crippen LogP) is 4.80. The number of rotatable bonds is 11. The molecule has 0 fully saturated rings. The highest BCUT2D eigenvalue weighted by molar-refractivity contribution is 5.74. The van der Waals surface area contributed by atoms with Gasteiger partial charge in [0.1, 0.15) is 0 Å². The average molecular weight is 366 g/mol. The Morgan fingerprint density at radius 3 is 2.08 bits per heavy atom. The Balaban J connectivity index is 2.58. The second-order valence-corrected chi connectivity index (χ2v) is 7.48. The van der Waals surface area contributed by atoms with Crippen molar-refractivity contribution in [1.82, 2.24) is 0 Å². The molecule has 0 bridgehead atoms. The molecule has 0 saturated carbocycles. The van der Waals surface area contributed by atoms with E-state index in [1.54, 1.807) is 6.92 Å². The van der Waals surface area contributed by atoms with Crippen molar-refractivity contribution in [2.45, 2.75) is 59.3 Å². The highest BCUT2D eigenvalue weighted by Gasteiger charge is 2.21. The lowest BCUT2D eigenvalue weighted by atomic mass is 9.88. The van der Waals surface area contributed by atoms with Crippen molar-refractivity contribution >= 4 is 6.08 Å². The lowest BCUT2D eigenvalue weighted by Crippen LogP contribution is -2.16. The molecular formula is C21H34O5. The molecule has 0 saturated heterocycles. The smallest absolute Gasteiger partial charge is 0.207 e. The summed E-state index contributed by atoms with van der Waals surface area (Å²) < 4.78 is 10.3. The maximum atomic E-state index is 10.4. The zero-order valence-electron chi connectivity index (χ0n) is 16.8. The standard InChI is InChI=1S/C21H34O5/c1-15-16(18(24)20(26-5)19(25-4)17(15)23)12-10-8-6-7-9-11-13-21(2,3)14-22/h10,12,22-24H,6-9,11,13-14H2,1-5H3/b12-10+. The average Bonchev–Trinajstić information content (AvgIpc) is 2.62. The van der Waals surface area contributed by atoms with Crippen LogP contribution in [0.3, 0.4) is 0 Å². The number of aliphatic hydroxyl groups is 1. The first-order valence-electron chi connectivity index (χ1n) is 9.23. The van der Waals surface area contributed by atoms with Gasteiger partial charge in [-0.15, -0.1) is 0 Å². The van der Waals surface area contributed by atoms with Crippen molar-refractivity contribution in [3.63, 3.8) is 0 Å². The third-order valence-corrected chi connectivity index (χ3v) is 4.75. The molecule has 26 heavy (non-hydrogen) atoms. The summed E-state index contributed by atoms with van der Waals surface area (Å²) in [5, 5.41) is 29.9. The molecule has 0 radical (unpaired) electrons. The summed E-state index contributed by atoms with van der Waals surface area (Å²) >= 11 is 0. The summed E-state index contributed by atoms with van der Waals surface area (Å²) in [7, 11) is 2.85. The first-order valence-corrected chi connectivity index (χ1v) is 9.23. The van der Waals surface area contributed by atoms with Crippen LogP contribution in [0.2, 0.25) is 0 Å². The summed E-state index contributed by atoms with van der Waals surface area (Å²) in [5.41, 5.74) is 1.12. The number of allylic oxidation sites excluding steroid dienone is 1. The van der Waals surface area contributed by atoms with Crippen LogP contribution >= 0.6 is 0 Å². The van der Waals surface area contributed by atoms with Crippen LogP contribution in [0, 0.1) is 12.3 Å². The Hall–Kier alpha value is -1.88. The predicted molar refractivity (Wildman–Crippen MR) is 105 cm³/mol. The number of methoxy groups -OCH3 is 2. The molecule has 3 N–H and O–H groups in total. The Morgan fingerprint density at radius 1 is 0.923 bits per heavy atom. The molecule has 0 unspecified atom stereocenters. The SMILES string of the molecule is COc1c(O)c(C)c(/C=C/CCCCCCC(C)(C)CO)c(O)c1OC. The number of phenols is 2. The van der Waals surface area contributed by atoms with Crippen LogP contribution in [0.5, 0.6) is 23.0 Å². The summed E-state index contributed by atoms with van der Waals surface area (Å²) in [6.07, 6.45) is 10.2. The molecule has 1 aromatic carbocycles. The third kappa shape index (κ3) is 5.84. The Bertz CT molecular complexity index is 605. The number of ether oxygens (including phenoxy) is 2. The molecule has 148 valence electrons. The molecule has 0 aliphatic carbocycles. The van der Waals surface area contributed by atoms with E-state index in [1.165, 1.54) is 14.2 Å². The van der Waals surface area contributed by atoms with Crippen LogP contribution in [0.1, 0.15) is 63.5 Å². The lowest BCUT2D eigenvalue weighted by Gasteiger charge is -2.20. The van der Waals surface area contributed by atoms with E-state index in [1.807, 2.05) is 12.2 Å². The number of aliphatic hydroxyl groups excluding tert-OH is 1. The van der Waals surface area contributed by atoms with Gasteiger partial charge in [0.2, 0.25) is 11.5 Å². The van der Waals surface area contributed by atoms with Crippen molar-refractivity contribution in [1.29, 1.82) is 0 Å². The van der Waals surface area contributed by atoms with Gasteiger partial charge in [-0.3, -0.25) is 0 Å². The number of phenolic OH excluding ortho intramolecular Hbond substituents is 2. The minimum absolute atomic E-state index is 0.0182.